The lowest BCUT2D eigenvalue weighted by atomic mass is 9.79. The maximum atomic E-state index is 10.5. The van der Waals surface area contributed by atoms with Crippen LogP contribution in [-0.2, 0) is 16.9 Å². The van der Waals surface area contributed by atoms with Crippen molar-refractivity contribution < 1.29 is 9.84 Å². The number of allylic oxidation sites excluding steroid dienone is 5. The molecule has 2 aliphatic rings. The van der Waals surface area contributed by atoms with Gasteiger partial charge >= 0.3 is 0 Å². The van der Waals surface area contributed by atoms with Gasteiger partial charge < -0.3 is 14.4 Å². The van der Waals surface area contributed by atoms with Crippen LogP contribution in [0.4, 0.5) is 0 Å². The first kappa shape index (κ1) is 23.0. The lowest BCUT2D eigenvalue weighted by Crippen LogP contribution is -2.26. The van der Waals surface area contributed by atoms with Crippen LogP contribution < -0.4 is 0 Å². The maximum absolute atomic E-state index is 10.5. The molecule has 6 heteroatoms. The monoisotopic (exact) mass is 471 g/mol. The van der Waals surface area contributed by atoms with Gasteiger partial charge in [0.05, 0.1) is 12.3 Å². The van der Waals surface area contributed by atoms with Gasteiger partial charge in [-0.1, -0.05) is 62.1 Å². The van der Waals surface area contributed by atoms with Crippen molar-refractivity contribution in [2.24, 2.45) is 0 Å². The number of aliphatic hydroxyl groups excluding tert-OH is 1. The summed E-state index contributed by atoms with van der Waals surface area (Å²) in [7, 11) is -1.11. The number of hydrogen-bond acceptors (Lipinski definition) is 4. The van der Waals surface area contributed by atoms with Crippen LogP contribution in [0.15, 0.2) is 78.3 Å². The molecule has 0 aliphatic heterocycles. The smallest absolute Gasteiger partial charge is 0.145 e. The Labute approximate surface area is 202 Å². The number of aliphatic hydroxyl groups is 1. The highest BCUT2D eigenvalue weighted by Gasteiger charge is 2.37. The van der Waals surface area contributed by atoms with Gasteiger partial charge in [0.2, 0.25) is 0 Å². The molecule has 0 spiro atoms. The highest BCUT2D eigenvalue weighted by Crippen LogP contribution is 2.45. The predicted molar refractivity (Wildman–Crippen MR) is 140 cm³/mol. The minimum atomic E-state index is -1.11. The molecule has 1 N–H and O–H groups in total. The Kier molecular flexibility index (Phi) is 6.14. The number of ether oxygens (including phenoxy) is 1. The van der Waals surface area contributed by atoms with E-state index in [9.17, 15) is 5.11 Å². The summed E-state index contributed by atoms with van der Waals surface area (Å²) in [6.45, 7) is 8.44. The Morgan fingerprint density at radius 1 is 1.15 bits per heavy atom. The van der Waals surface area contributed by atoms with Crippen LogP contribution in [0.2, 0.25) is 25.7 Å². The van der Waals surface area contributed by atoms with Gasteiger partial charge in [-0.15, -0.1) is 0 Å². The second-order valence-electron chi connectivity index (χ2n) is 10.7. The number of fused-ring (bicyclic) bond motifs is 2. The summed E-state index contributed by atoms with van der Waals surface area (Å²) < 4.78 is 8.01. The number of hydrogen-bond donors (Lipinski definition) is 1. The second-order valence-corrected chi connectivity index (χ2v) is 16.3. The Morgan fingerprint density at radius 3 is 2.82 bits per heavy atom. The van der Waals surface area contributed by atoms with Crippen molar-refractivity contribution >= 4 is 19.1 Å². The van der Waals surface area contributed by atoms with Crippen molar-refractivity contribution in [2.45, 2.75) is 50.7 Å². The van der Waals surface area contributed by atoms with Crippen LogP contribution in [0.1, 0.15) is 18.4 Å². The summed E-state index contributed by atoms with van der Waals surface area (Å²) in [5.41, 5.74) is 6.22. The standard InChI is InChI=1S/C28H33N3O2Si/c1-34(2,3)14-13-33-20-31-12-11-25-26(29-19-30-27(25)31)21-9-6-10-24(15-21)28(18-32)16-22-7-4-5-8-23(22)17-28/h4-7,9-12,15,17,19,32H,8,13-14,16,18,20H2,1-3H3. The molecular weight excluding hydrogens is 438 g/mol. The van der Waals surface area contributed by atoms with E-state index in [4.69, 9.17) is 4.74 Å². The molecule has 34 heavy (non-hydrogen) atoms. The average molecular weight is 472 g/mol. The first-order valence-electron chi connectivity index (χ1n) is 12.1. The number of aromatic nitrogens is 3. The summed E-state index contributed by atoms with van der Waals surface area (Å²) in [6, 6.07) is 11.7. The number of nitrogens with zero attached hydrogens (tertiary/aromatic N) is 3. The van der Waals surface area contributed by atoms with Gasteiger partial charge in [0.25, 0.3) is 0 Å². The lowest BCUT2D eigenvalue weighted by Gasteiger charge is -2.26. The summed E-state index contributed by atoms with van der Waals surface area (Å²) in [5.74, 6) is 0. The fraction of sp³-hybridized carbons (Fsp3) is 0.357. The van der Waals surface area contributed by atoms with E-state index >= 15 is 0 Å². The quantitative estimate of drug-likeness (QED) is 0.330. The molecule has 2 heterocycles. The van der Waals surface area contributed by atoms with Gasteiger partial charge in [0.15, 0.2) is 0 Å². The zero-order valence-electron chi connectivity index (χ0n) is 20.3. The van der Waals surface area contributed by atoms with E-state index in [1.165, 1.54) is 11.1 Å². The maximum Gasteiger partial charge on any atom is 0.145 e. The molecule has 0 saturated heterocycles. The Balaban J connectivity index is 1.43. The molecule has 0 fully saturated rings. The van der Waals surface area contributed by atoms with E-state index in [-0.39, 0.29) is 12.0 Å². The molecule has 5 nitrogen and oxygen atoms in total. The van der Waals surface area contributed by atoms with Crippen LogP contribution in [0, 0.1) is 0 Å². The van der Waals surface area contributed by atoms with Gasteiger partial charge in [0.1, 0.15) is 18.7 Å². The van der Waals surface area contributed by atoms with E-state index in [2.05, 4.69) is 88.8 Å². The van der Waals surface area contributed by atoms with E-state index in [0.717, 1.165) is 53.3 Å². The van der Waals surface area contributed by atoms with Crippen molar-refractivity contribution in [2.75, 3.05) is 13.2 Å². The third kappa shape index (κ3) is 4.45. The van der Waals surface area contributed by atoms with Crippen molar-refractivity contribution in [3.8, 4) is 11.3 Å². The van der Waals surface area contributed by atoms with Crippen molar-refractivity contribution in [3.05, 3.63) is 83.9 Å². The largest absolute Gasteiger partial charge is 0.395 e. The molecule has 3 aromatic rings. The SMILES string of the molecule is C[Si](C)(C)CCOCn1ccc2c(-c3cccc(C4(CO)C=C5CC=CC=C5C4)c3)ncnc21. The molecule has 2 aliphatic carbocycles. The molecule has 0 radical (unpaired) electrons. The third-order valence-electron chi connectivity index (χ3n) is 6.92. The van der Waals surface area contributed by atoms with Crippen molar-refractivity contribution in [1.82, 2.24) is 14.5 Å². The molecule has 2 aromatic heterocycles. The van der Waals surface area contributed by atoms with E-state index in [1.54, 1.807) is 6.33 Å². The molecule has 1 aromatic carbocycles. The summed E-state index contributed by atoms with van der Waals surface area (Å²) in [4.78, 5) is 9.20. The van der Waals surface area contributed by atoms with Crippen molar-refractivity contribution in [1.29, 1.82) is 0 Å². The minimum absolute atomic E-state index is 0.0849. The van der Waals surface area contributed by atoms with Crippen molar-refractivity contribution in [3.63, 3.8) is 0 Å². The van der Waals surface area contributed by atoms with E-state index in [1.807, 2.05) is 6.20 Å². The lowest BCUT2D eigenvalue weighted by molar-refractivity contribution is 0.0899. The van der Waals surface area contributed by atoms with Crippen LogP contribution >= 0.6 is 0 Å². The molecule has 5 rings (SSSR count). The Morgan fingerprint density at radius 2 is 2.03 bits per heavy atom. The van der Waals surface area contributed by atoms with Crippen LogP contribution in [0.25, 0.3) is 22.3 Å². The first-order valence-corrected chi connectivity index (χ1v) is 15.8. The molecule has 0 bridgehead atoms. The second kappa shape index (κ2) is 9.10. The summed E-state index contributed by atoms with van der Waals surface area (Å²) in [5, 5.41) is 11.5. The summed E-state index contributed by atoms with van der Waals surface area (Å²) in [6.07, 6.45) is 14.2. The summed E-state index contributed by atoms with van der Waals surface area (Å²) >= 11 is 0. The molecule has 1 unspecified atom stereocenters. The topological polar surface area (TPSA) is 60.2 Å². The van der Waals surface area contributed by atoms with Gasteiger partial charge in [-0.25, -0.2) is 9.97 Å². The first-order chi connectivity index (χ1) is 16.4. The zero-order chi connectivity index (χ0) is 23.8. The normalized spacial score (nSPS) is 19.9. The Bertz CT molecular complexity index is 1300. The molecule has 0 amide bonds. The predicted octanol–water partition coefficient (Wildman–Crippen LogP) is 5.86. The molecule has 1 atom stereocenters. The average Bonchev–Trinajstić information content (AvgIpc) is 3.43. The molecular formula is C28H33N3O2Si. The molecule has 176 valence electrons. The van der Waals surface area contributed by atoms with Crippen LogP contribution in [0.3, 0.4) is 0 Å². The molecule has 0 saturated carbocycles. The number of rotatable bonds is 8. The zero-order valence-corrected chi connectivity index (χ0v) is 21.3. The van der Waals surface area contributed by atoms with Gasteiger partial charge in [-0.2, -0.15) is 0 Å². The van der Waals surface area contributed by atoms with E-state index < -0.39 is 8.07 Å². The van der Waals surface area contributed by atoms with Gasteiger partial charge in [-0.05, 0) is 47.7 Å². The third-order valence-corrected chi connectivity index (χ3v) is 8.62. The van der Waals surface area contributed by atoms with Crippen LogP contribution in [0.5, 0.6) is 0 Å². The fourth-order valence-electron chi connectivity index (χ4n) is 4.90. The number of benzene rings is 1. The van der Waals surface area contributed by atoms with Gasteiger partial charge in [0, 0.05) is 37.2 Å². The van der Waals surface area contributed by atoms with Crippen LogP contribution in [-0.4, -0.2) is 40.9 Å². The highest BCUT2D eigenvalue weighted by molar-refractivity contribution is 6.76. The Hall–Kier alpha value is -2.80. The minimum Gasteiger partial charge on any atom is -0.395 e. The highest BCUT2D eigenvalue weighted by atomic mass is 28.3. The van der Waals surface area contributed by atoms with E-state index in [0.29, 0.717) is 6.73 Å². The van der Waals surface area contributed by atoms with Gasteiger partial charge in [-0.3, -0.25) is 0 Å². The fourth-order valence-corrected chi connectivity index (χ4v) is 5.66.